The zero-order chi connectivity index (χ0) is 24.6. The highest BCUT2D eigenvalue weighted by molar-refractivity contribution is 5.99. The summed E-state index contributed by atoms with van der Waals surface area (Å²) >= 11 is 0. The minimum atomic E-state index is -0.671. The predicted octanol–water partition coefficient (Wildman–Crippen LogP) is 5.71. The number of hydrogen-bond acceptors (Lipinski definition) is 6. The molecule has 2 amide bonds. The van der Waals surface area contributed by atoms with Gasteiger partial charge < -0.3 is 24.8 Å². The van der Waals surface area contributed by atoms with Crippen molar-refractivity contribution >= 4 is 28.3 Å². The normalized spacial score (nSPS) is 10.4. The lowest BCUT2D eigenvalue weighted by Crippen LogP contribution is -2.20. The van der Waals surface area contributed by atoms with Gasteiger partial charge in [-0.15, -0.1) is 0 Å². The van der Waals surface area contributed by atoms with Crippen LogP contribution in [0.15, 0.2) is 72.9 Å². The van der Waals surface area contributed by atoms with Crippen LogP contribution in [0.4, 0.5) is 20.6 Å². The second-order valence-electron chi connectivity index (χ2n) is 7.32. The summed E-state index contributed by atoms with van der Waals surface area (Å²) in [7, 11) is 1.56. The van der Waals surface area contributed by atoms with Crippen LogP contribution in [-0.4, -0.2) is 31.3 Å². The number of nitrogens with one attached hydrogen (secondary N) is 2. The van der Waals surface area contributed by atoms with Crippen LogP contribution in [0.25, 0.3) is 10.9 Å². The first kappa shape index (κ1) is 23.5. The van der Waals surface area contributed by atoms with Gasteiger partial charge in [-0.05, 0) is 36.4 Å². The molecule has 0 aliphatic heterocycles. The van der Waals surface area contributed by atoms with E-state index >= 15 is 0 Å². The number of nitrogens with zero attached hydrogens (tertiary/aromatic N) is 2. The van der Waals surface area contributed by atoms with Crippen molar-refractivity contribution in [3.63, 3.8) is 0 Å². The number of aromatic nitrogens is 1. The molecule has 0 saturated carbocycles. The minimum absolute atomic E-state index is 0.00464. The van der Waals surface area contributed by atoms with Gasteiger partial charge in [-0.1, -0.05) is 18.2 Å². The SMILES string of the molecule is COCCOc1cc2nccc(Oc3ccc(NC(=O)Nc4ccccc4)c(F)c3)c2cc1C#N. The van der Waals surface area contributed by atoms with Crippen molar-refractivity contribution in [2.75, 3.05) is 31.0 Å². The second kappa shape index (κ2) is 11.0. The van der Waals surface area contributed by atoms with Crippen LogP contribution in [0.1, 0.15) is 5.56 Å². The molecule has 1 aromatic heterocycles. The maximum atomic E-state index is 14.7. The van der Waals surface area contributed by atoms with E-state index in [9.17, 15) is 14.4 Å². The number of pyridine rings is 1. The summed E-state index contributed by atoms with van der Waals surface area (Å²) in [5.74, 6) is 0.312. The maximum absolute atomic E-state index is 14.7. The smallest absolute Gasteiger partial charge is 0.323 e. The van der Waals surface area contributed by atoms with Gasteiger partial charge >= 0.3 is 6.03 Å². The molecule has 9 heteroatoms. The molecule has 0 atom stereocenters. The Bertz CT molecular complexity index is 1390. The number of fused-ring (bicyclic) bond motifs is 1. The Labute approximate surface area is 200 Å². The fourth-order valence-corrected chi connectivity index (χ4v) is 3.27. The van der Waals surface area contributed by atoms with E-state index in [1.807, 2.05) is 6.07 Å². The maximum Gasteiger partial charge on any atom is 0.323 e. The highest BCUT2D eigenvalue weighted by Gasteiger charge is 2.13. The molecule has 35 heavy (non-hydrogen) atoms. The lowest BCUT2D eigenvalue weighted by Gasteiger charge is -2.13. The van der Waals surface area contributed by atoms with Gasteiger partial charge in [-0.2, -0.15) is 5.26 Å². The van der Waals surface area contributed by atoms with Crippen LogP contribution in [0.3, 0.4) is 0 Å². The lowest BCUT2D eigenvalue weighted by molar-refractivity contribution is 0.146. The zero-order valence-electron chi connectivity index (χ0n) is 18.7. The van der Waals surface area contributed by atoms with Gasteiger partial charge in [0.15, 0.2) is 0 Å². The molecule has 0 bridgehead atoms. The zero-order valence-corrected chi connectivity index (χ0v) is 18.7. The summed E-state index contributed by atoms with van der Waals surface area (Å²) < 4.78 is 31.2. The van der Waals surface area contributed by atoms with E-state index in [0.29, 0.717) is 40.3 Å². The van der Waals surface area contributed by atoms with Crippen molar-refractivity contribution in [3.05, 3.63) is 84.3 Å². The first-order valence-electron chi connectivity index (χ1n) is 10.6. The van der Waals surface area contributed by atoms with E-state index in [1.165, 1.54) is 12.1 Å². The largest absolute Gasteiger partial charge is 0.490 e. The molecule has 2 N–H and O–H groups in total. The Kier molecular flexibility index (Phi) is 7.35. The van der Waals surface area contributed by atoms with Crippen molar-refractivity contribution in [2.24, 2.45) is 0 Å². The van der Waals surface area contributed by atoms with E-state index in [-0.39, 0.29) is 18.0 Å². The van der Waals surface area contributed by atoms with Crippen LogP contribution < -0.4 is 20.1 Å². The molecule has 8 nitrogen and oxygen atoms in total. The fourth-order valence-electron chi connectivity index (χ4n) is 3.27. The first-order valence-corrected chi connectivity index (χ1v) is 10.6. The Morgan fingerprint density at radius 3 is 2.60 bits per heavy atom. The van der Waals surface area contributed by atoms with E-state index < -0.39 is 11.8 Å². The van der Waals surface area contributed by atoms with Crippen LogP contribution in [0, 0.1) is 17.1 Å². The molecular formula is C26H21FN4O4. The van der Waals surface area contributed by atoms with Crippen LogP contribution >= 0.6 is 0 Å². The predicted molar refractivity (Wildman–Crippen MR) is 129 cm³/mol. The number of anilines is 2. The summed E-state index contributed by atoms with van der Waals surface area (Å²) in [5.41, 5.74) is 1.43. The number of para-hydroxylation sites is 1. The molecule has 4 rings (SSSR count). The molecule has 0 aliphatic carbocycles. The van der Waals surface area contributed by atoms with E-state index in [1.54, 1.807) is 55.8 Å². The third-order valence-corrected chi connectivity index (χ3v) is 4.92. The Balaban J connectivity index is 1.52. The quantitative estimate of drug-likeness (QED) is 0.318. The van der Waals surface area contributed by atoms with Crippen molar-refractivity contribution in [3.8, 4) is 23.3 Å². The number of carbonyl (C=O) groups is 1. The number of carbonyl (C=O) groups excluding carboxylic acids is 1. The van der Waals surface area contributed by atoms with Crippen molar-refractivity contribution in [1.29, 1.82) is 5.26 Å². The monoisotopic (exact) mass is 472 g/mol. The number of methoxy groups -OCH3 is 1. The van der Waals surface area contributed by atoms with Crippen molar-refractivity contribution in [1.82, 2.24) is 4.98 Å². The topological polar surface area (TPSA) is 106 Å². The standard InChI is InChI=1S/C26H21FN4O4/c1-33-11-12-34-25-15-23-20(13-17(25)16-28)24(9-10-29-23)35-19-7-8-22(21(27)14-19)31-26(32)30-18-5-3-2-4-6-18/h2-10,13-15H,11-12H2,1H3,(H2,30,31,32). The molecule has 176 valence electrons. The number of urea groups is 1. The summed E-state index contributed by atoms with van der Waals surface area (Å²) in [5, 5.41) is 15.2. The van der Waals surface area contributed by atoms with Gasteiger partial charge in [0.05, 0.1) is 23.4 Å². The lowest BCUT2D eigenvalue weighted by atomic mass is 10.1. The molecule has 1 heterocycles. The minimum Gasteiger partial charge on any atom is -0.490 e. The van der Waals surface area contributed by atoms with Gasteiger partial charge in [0.2, 0.25) is 0 Å². The third-order valence-electron chi connectivity index (χ3n) is 4.92. The Morgan fingerprint density at radius 1 is 1.03 bits per heavy atom. The molecule has 0 spiro atoms. The number of ether oxygens (including phenoxy) is 3. The van der Waals surface area contributed by atoms with Crippen molar-refractivity contribution in [2.45, 2.75) is 0 Å². The molecule has 0 aliphatic rings. The molecular weight excluding hydrogens is 451 g/mol. The molecule has 0 radical (unpaired) electrons. The molecule has 0 fully saturated rings. The molecule has 0 saturated heterocycles. The first-order chi connectivity index (χ1) is 17.1. The summed E-state index contributed by atoms with van der Waals surface area (Å²) in [6.45, 7) is 0.666. The highest BCUT2D eigenvalue weighted by Crippen LogP contribution is 2.34. The third kappa shape index (κ3) is 5.82. The molecule has 4 aromatic rings. The van der Waals surface area contributed by atoms with Crippen molar-refractivity contribution < 1.29 is 23.4 Å². The number of benzene rings is 3. The van der Waals surface area contributed by atoms with E-state index in [2.05, 4.69) is 21.7 Å². The van der Waals surface area contributed by atoms with Gasteiger partial charge in [0.25, 0.3) is 0 Å². The van der Waals surface area contributed by atoms with Gasteiger partial charge in [0.1, 0.15) is 35.7 Å². The average Bonchev–Trinajstić information content (AvgIpc) is 2.86. The second-order valence-corrected chi connectivity index (χ2v) is 7.32. The van der Waals surface area contributed by atoms with E-state index in [4.69, 9.17) is 14.2 Å². The molecule has 0 unspecified atom stereocenters. The number of rotatable bonds is 8. The van der Waals surface area contributed by atoms with E-state index in [0.717, 1.165) is 6.07 Å². The summed E-state index contributed by atoms with van der Waals surface area (Å²) in [6, 6.07) is 19.3. The number of amides is 2. The van der Waals surface area contributed by atoms with Crippen LogP contribution in [0.5, 0.6) is 17.2 Å². The number of nitriles is 1. The Hall–Kier alpha value is -4.68. The van der Waals surface area contributed by atoms with Gasteiger partial charge in [0, 0.05) is 36.5 Å². The fraction of sp³-hybridized carbons (Fsp3) is 0.115. The number of hydrogen-bond donors (Lipinski definition) is 2. The van der Waals surface area contributed by atoms with Crippen LogP contribution in [0.2, 0.25) is 0 Å². The number of halogens is 1. The van der Waals surface area contributed by atoms with Crippen LogP contribution in [-0.2, 0) is 4.74 Å². The van der Waals surface area contributed by atoms with Gasteiger partial charge in [-0.3, -0.25) is 4.98 Å². The summed E-state index contributed by atoms with van der Waals surface area (Å²) in [4.78, 5) is 16.5. The summed E-state index contributed by atoms with van der Waals surface area (Å²) in [6.07, 6.45) is 1.54. The molecule has 3 aromatic carbocycles. The highest BCUT2D eigenvalue weighted by atomic mass is 19.1. The Morgan fingerprint density at radius 2 is 1.86 bits per heavy atom. The average molecular weight is 472 g/mol. The van der Waals surface area contributed by atoms with Gasteiger partial charge in [-0.25, -0.2) is 9.18 Å².